The van der Waals surface area contributed by atoms with Crippen LogP contribution in [0.25, 0.3) is 0 Å². The molecule has 0 fully saturated rings. The van der Waals surface area contributed by atoms with Crippen molar-refractivity contribution in [1.82, 2.24) is 15.5 Å². The quantitative estimate of drug-likeness (QED) is 0.795. The molecule has 0 spiro atoms. The molecule has 2 N–H and O–H groups in total. The number of alkyl carbamates (subject to hydrolysis) is 1. The first kappa shape index (κ1) is 15.3. The van der Waals surface area contributed by atoms with Crippen LogP contribution < -0.4 is 10.6 Å². The third-order valence-corrected chi connectivity index (χ3v) is 2.41. The van der Waals surface area contributed by atoms with Crippen molar-refractivity contribution in [1.29, 1.82) is 0 Å². The maximum absolute atomic E-state index is 12.0. The van der Waals surface area contributed by atoms with Crippen LogP contribution in [0.3, 0.4) is 0 Å². The molecule has 1 rings (SSSR count). The lowest BCUT2D eigenvalue weighted by molar-refractivity contribution is -0.134. The number of amides is 2. The first-order valence-electron chi connectivity index (χ1n) is 6.45. The average Bonchev–Trinajstić information content (AvgIpc) is 2.26. The van der Waals surface area contributed by atoms with Crippen LogP contribution in [0.2, 0.25) is 0 Å². The van der Waals surface area contributed by atoms with E-state index in [0.29, 0.717) is 13.1 Å². The fraction of sp³-hybridized carbons (Fsp3) is 0.692. The Kier molecular flexibility index (Phi) is 4.80. The first-order valence-corrected chi connectivity index (χ1v) is 6.45. The Morgan fingerprint density at radius 1 is 1.42 bits per heavy atom. The largest absolute Gasteiger partial charge is 0.414 e. The summed E-state index contributed by atoms with van der Waals surface area (Å²) in [6.07, 6.45) is 0.982. The molecule has 1 heterocycles. The Balaban J connectivity index is 2.71. The van der Waals surface area contributed by atoms with E-state index in [1.54, 1.807) is 6.20 Å². The summed E-state index contributed by atoms with van der Waals surface area (Å²) in [5.41, 5.74) is -0.382. The minimum absolute atomic E-state index is 0.0590. The molecule has 0 saturated carbocycles. The number of carbonyl (C=O) groups excluding carboxylic acids is 2. The molecule has 0 radical (unpaired) electrons. The van der Waals surface area contributed by atoms with Gasteiger partial charge >= 0.3 is 6.09 Å². The van der Waals surface area contributed by atoms with Crippen LogP contribution >= 0.6 is 0 Å². The van der Waals surface area contributed by atoms with E-state index >= 15 is 0 Å². The van der Waals surface area contributed by atoms with Gasteiger partial charge in [0.15, 0.2) is 0 Å². The van der Waals surface area contributed by atoms with Crippen molar-refractivity contribution in [2.45, 2.75) is 40.2 Å². The highest BCUT2D eigenvalue weighted by Gasteiger charge is 2.26. The molecule has 6 nitrogen and oxygen atoms in total. The summed E-state index contributed by atoms with van der Waals surface area (Å²) in [5.74, 6) is 0.0405. The van der Waals surface area contributed by atoms with Gasteiger partial charge in [0.2, 0.25) is 11.8 Å². The SMILES string of the molecule is CC(C)C(=O)N1CCNC=C1OC(=O)NC(C)(C)C. The van der Waals surface area contributed by atoms with E-state index in [1.807, 2.05) is 34.6 Å². The van der Waals surface area contributed by atoms with E-state index in [4.69, 9.17) is 4.74 Å². The van der Waals surface area contributed by atoms with Crippen molar-refractivity contribution in [2.24, 2.45) is 5.92 Å². The Morgan fingerprint density at radius 2 is 2.05 bits per heavy atom. The number of carbonyl (C=O) groups is 2. The van der Waals surface area contributed by atoms with Crippen molar-refractivity contribution in [3.05, 3.63) is 12.1 Å². The second-order valence-corrected chi connectivity index (χ2v) is 5.85. The van der Waals surface area contributed by atoms with E-state index in [0.717, 1.165) is 0 Å². The molecule has 0 aliphatic carbocycles. The number of rotatable bonds is 2. The zero-order valence-electron chi connectivity index (χ0n) is 12.2. The summed E-state index contributed by atoms with van der Waals surface area (Å²) >= 11 is 0. The second-order valence-electron chi connectivity index (χ2n) is 5.85. The molecular weight excluding hydrogens is 246 g/mol. The van der Waals surface area contributed by atoms with Crippen LogP contribution in [0, 0.1) is 5.92 Å². The van der Waals surface area contributed by atoms with E-state index in [1.165, 1.54) is 4.90 Å². The number of hydrogen-bond acceptors (Lipinski definition) is 4. The van der Waals surface area contributed by atoms with Crippen LogP contribution in [-0.2, 0) is 9.53 Å². The Bertz CT molecular complexity index is 383. The number of nitrogens with zero attached hydrogens (tertiary/aromatic N) is 1. The maximum atomic E-state index is 12.0. The summed E-state index contributed by atoms with van der Waals surface area (Å²) in [5, 5.41) is 5.65. The first-order chi connectivity index (χ1) is 8.70. The molecule has 1 aliphatic heterocycles. The fourth-order valence-electron chi connectivity index (χ4n) is 1.57. The molecule has 0 aromatic heterocycles. The summed E-state index contributed by atoms with van der Waals surface area (Å²) in [6.45, 7) is 10.3. The van der Waals surface area contributed by atoms with Gasteiger partial charge in [-0.15, -0.1) is 0 Å². The normalized spacial score (nSPS) is 15.7. The Morgan fingerprint density at radius 3 is 2.58 bits per heavy atom. The van der Waals surface area contributed by atoms with Crippen LogP contribution in [0.4, 0.5) is 4.79 Å². The highest BCUT2D eigenvalue weighted by atomic mass is 16.6. The van der Waals surface area contributed by atoms with E-state index in [-0.39, 0.29) is 23.2 Å². The van der Waals surface area contributed by atoms with Gasteiger partial charge in [-0.25, -0.2) is 4.79 Å². The molecule has 6 heteroatoms. The third kappa shape index (κ3) is 4.81. The predicted octanol–water partition coefficient (Wildman–Crippen LogP) is 1.40. The van der Waals surface area contributed by atoms with Gasteiger partial charge in [-0.1, -0.05) is 13.8 Å². The van der Waals surface area contributed by atoms with Crippen LogP contribution in [0.1, 0.15) is 34.6 Å². The van der Waals surface area contributed by atoms with Gasteiger partial charge in [0.25, 0.3) is 0 Å². The predicted molar refractivity (Wildman–Crippen MR) is 72.0 cm³/mol. The minimum Gasteiger partial charge on any atom is -0.391 e. The van der Waals surface area contributed by atoms with Gasteiger partial charge in [-0.2, -0.15) is 0 Å². The molecule has 0 saturated heterocycles. The fourth-order valence-corrected chi connectivity index (χ4v) is 1.57. The molecular formula is C13H23N3O3. The lowest BCUT2D eigenvalue weighted by Gasteiger charge is -2.30. The van der Waals surface area contributed by atoms with Gasteiger partial charge < -0.3 is 15.4 Å². The minimum atomic E-state index is -0.566. The monoisotopic (exact) mass is 269 g/mol. The van der Waals surface area contributed by atoms with E-state index in [2.05, 4.69) is 10.6 Å². The van der Waals surface area contributed by atoms with Gasteiger partial charge in [0.1, 0.15) is 0 Å². The van der Waals surface area contributed by atoms with Crippen molar-refractivity contribution in [3.8, 4) is 0 Å². The highest BCUT2D eigenvalue weighted by Crippen LogP contribution is 2.14. The molecule has 0 unspecified atom stereocenters. The third-order valence-electron chi connectivity index (χ3n) is 2.41. The highest BCUT2D eigenvalue weighted by molar-refractivity contribution is 5.80. The lowest BCUT2D eigenvalue weighted by atomic mass is 10.1. The standard InChI is InChI=1S/C13H23N3O3/c1-9(2)11(17)16-7-6-14-8-10(16)19-12(18)15-13(3,4)5/h8-9,14H,6-7H2,1-5H3,(H,15,18). The average molecular weight is 269 g/mol. The Labute approximate surface area is 114 Å². The van der Waals surface area contributed by atoms with Gasteiger partial charge in [0, 0.05) is 24.5 Å². The summed E-state index contributed by atoms with van der Waals surface area (Å²) in [6, 6.07) is 0. The van der Waals surface area contributed by atoms with E-state index in [9.17, 15) is 9.59 Å². The summed E-state index contributed by atoms with van der Waals surface area (Å²) in [4.78, 5) is 25.2. The zero-order valence-corrected chi connectivity index (χ0v) is 12.2. The second kappa shape index (κ2) is 5.95. The lowest BCUT2D eigenvalue weighted by Crippen LogP contribution is -2.46. The molecule has 19 heavy (non-hydrogen) atoms. The Hall–Kier alpha value is -1.72. The van der Waals surface area contributed by atoms with Crippen molar-refractivity contribution in [2.75, 3.05) is 13.1 Å². The molecule has 2 amide bonds. The van der Waals surface area contributed by atoms with Crippen molar-refractivity contribution < 1.29 is 14.3 Å². The van der Waals surface area contributed by atoms with Crippen LogP contribution in [0.15, 0.2) is 12.1 Å². The zero-order chi connectivity index (χ0) is 14.6. The summed E-state index contributed by atoms with van der Waals surface area (Å²) < 4.78 is 5.20. The molecule has 108 valence electrons. The maximum Gasteiger partial charge on any atom is 0.414 e. The molecule has 0 aromatic rings. The number of nitrogens with one attached hydrogen (secondary N) is 2. The topological polar surface area (TPSA) is 70.7 Å². The molecule has 1 aliphatic rings. The van der Waals surface area contributed by atoms with Gasteiger partial charge in [-0.3, -0.25) is 9.69 Å². The number of hydrogen-bond donors (Lipinski definition) is 2. The van der Waals surface area contributed by atoms with Crippen LogP contribution in [0.5, 0.6) is 0 Å². The van der Waals surface area contributed by atoms with Crippen LogP contribution in [-0.4, -0.2) is 35.5 Å². The molecule has 0 atom stereocenters. The van der Waals surface area contributed by atoms with Crippen molar-refractivity contribution in [3.63, 3.8) is 0 Å². The van der Waals surface area contributed by atoms with Gasteiger partial charge in [-0.05, 0) is 20.8 Å². The van der Waals surface area contributed by atoms with Crippen molar-refractivity contribution >= 4 is 12.0 Å². The number of ether oxygens (including phenoxy) is 1. The summed E-state index contributed by atoms with van der Waals surface area (Å²) in [7, 11) is 0. The van der Waals surface area contributed by atoms with E-state index < -0.39 is 6.09 Å². The smallest absolute Gasteiger partial charge is 0.391 e. The molecule has 0 bridgehead atoms. The molecule has 0 aromatic carbocycles. The van der Waals surface area contributed by atoms with Gasteiger partial charge in [0.05, 0.1) is 6.20 Å².